The van der Waals surface area contributed by atoms with E-state index in [2.05, 4.69) is 26.1 Å². The molecule has 0 aromatic rings. The van der Waals surface area contributed by atoms with Crippen LogP contribution in [0.2, 0.25) is 0 Å². The average molecular weight is 205 g/mol. The lowest BCUT2D eigenvalue weighted by Gasteiger charge is -2.08. The summed E-state index contributed by atoms with van der Waals surface area (Å²) in [6.45, 7) is 8.41. The molecule has 3 heteroatoms. The van der Waals surface area contributed by atoms with Gasteiger partial charge in [-0.25, -0.2) is 0 Å². The lowest BCUT2D eigenvalue weighted by Crippen LogP contribution is -2.20. The predicted molar refractivity (Wildman–Crippen MR) is 60.5 cm³/mol. The third kappa shape index (κ3) is 7.20. The van der Waals surface area contributed by atoms with Crippen LogP contribution in [0.4, 0.5) is 0 Å². The van der Waals surface area contributed by atoms with Gasteiger partial charge in [-0.05, 0) is 32.4 Å². The molecule has 2 unspecified atom stereocenters. The molecule has 0 aliphatic carbocycles. The number of nitrogens with one attached hydrogen (secondary N) is 1. The smallest absolute Gasteiger partial charge is 0.0317 e. The molecule has 0 spiro atoms. The largest absolute Gasteiger partial charge is 0.317 e. The maximum absolute atomic E-state index is 11.5. The fourth-order valence-electron chi connectivity index (χ4n) is 1.03. The first-order chi connectivity index (χ1) is 6.22. The molecule has 0 aliphatic rings. The summed E-state index contributed by atoms with van der Waals surface area (Å²) in [6, 6.07) is 0. The van der Waals surface area contributed by atoms with E-state index in [0.717, 1.165) is 31.7 Å². The Hall–Kier alpha value is 0.110. The molecule has 1 N–H and O–H groups in total. The predicted octanol–water partition coefficient (Wildman–Crippen LogP) is 1.92. The van der Waals surface area contributed by atoms with Crippen LogP contribution in [-0.2, 0) is 10.8 Å². The molecule has 13 heavy (non-hydrogen) atoms. The Morgan fingerprint density at radius 3 is 2.54 bits per heavy atom. The normalized spacial score (nSPS) is 15.6. The zero-order valence-electron chi connectivity index (χ0n) is 9.14. The molecule has 0 amide bonds. The van der Waals surface area contributed by atoms with Gasteiger partial charge in [-0.3, -0.25) is 4.21 Å². The standard InChI is InChI=1S/C10H23NOS/c1-4-7-11-8-6-9-13(12)10(3)5-2/h10-11H,4-9H2,1-3H3. The molecule has 0 saturated heterocycles. The zero-order chi connectivity index (χ0) is 10.1. The first-order valence-corrected chi connectivity index (χ1v) is 6.68. The van der Waals surface area contributed by atoms with Gasteiger partial charge in [-0.1, -0.05) is 20.8 Å². The molecule has 0 fully saturated rings. The molecule has 0 heterocycles. The van der Waals surface area contributed by atoms with Gasteiger partial charge in [-0.15, -0.1) is 0 Å². The van der Waals surface area contributed by atoms with Gasteiger partial charge in [-0.2, -0.15) is 0 Å². The van der Waals surface area contributed by atoms with E-state index in [1.54, 1.807) is 0 Å². The summed E-state index contributed by atoms with van der Waals surface area (Å²) in [7, 11) is -0.610. The van der Waals surface area contributed by atoms with Crippen LogP contribution in [0.1, 0.15) is 40.0 Å². The summed E-state index contributed by atoms with van der Waals surface area (Å²) in [5.74, 6) is 0.853. The van der Waals surface area contributed by atoms with Crippen molar-refractivity contribution >= 4 is 10.8 Å². The van der Waals surface area contributed by atoms with Gasteiger partial charge in [0.2, 0.25) is 0 Å². The lowest BCUT2D eigenvalue weighted by molar-refractivity contribution is 0.646. The molecule has 0 aliphatic heterocycles. The molecular formula is C10H23NOS. The van der Waals surface area contributed by atoms with Crippen molar-refractivity contribution in [1.82, 2.24) is 5.32 Å². The summed E-state index contributed by atoms with van der Waals surface area (Å²) in [5, 5.41) is 3.68. The van der Waals surface area contributed by atoms with E-state index in [-0.39, 0.29) is 0 Å². The minimum Gasteiger partial charge on any atom is -0.317 e. The quantitative estimate of drug-likeness (QED) is 0.613. The van der Waals surface area contributed by atoms with Crippen molar-refractivity contribution in [1.29, 1.82) is 0 Å². The molecule has 0 radical (unpaired) electrons. The second-order valence-electron chi connectivity index (χ2n) is 3.41. The van der Waals surface area contributed by atoms with E-state index in [1.807, 2.05) is 0 Å². The molecule has 0 aromatic carbocycles. The van der Waals surface area contributed by atoms with Crippen molar-refractivity contribution in [2.45, 2.75) is 45.3 Å². The first kappa shape index (κ1) is 13.1. The Morgan fingerprint density at radius 1 is 1.31 bits per heavy atom. The van der Waals surface area contributed by atoms with Crippen LogP contribution in [0.3, 0.4) is 0 Å². The monoisotopic (exact) mass is 205 g/mol. The number of rotatable bonds is 8. The van der Waals surface area contributed by atoms with Gasteiger partial charge in [0.15, 0.2) is 0 Å². The fraction of sp³-hybridized carbons (Fsp3) is 1.00. The molecule has 0 rings (SSSR count). The first-order valence-electron chi connectivity index (χ1n) is 5.30. The Morgan fingerprint density at radius 2 is 2.00 bits per heavy atom. The van der Waals surface area contributed by atoms with Crippen LogP contribution in [0.25, 0.3) is 0 Å². The summed E-state index contributed by atoms with van der Waals surface area (Å²) < 4.78 is 11.5. The van der Waals surface area contributed by atoms with Gasteiger partial charge in [0, 0.05) is 21.8 Å². The minimum atomic E-state index is -0.610. The number of hydrogen-bond acceptors (Lipinski definition) is 2. The van der Waals surface area contributed by atoms with E-state index in [9.17, 15) is 4.21 Å². The summed E-state index contributed by atoms with van der Waals surface area (Å²) in [6.07, 6.45) is 3.24. The zero-order valence-corrected chi connectivity index (χ0v) is 9.95. The maximum Gasteiger partial charge on any atom is 0.0317 e. The van der Waals surface area contributed by atoms with Crippen molar-refractivity contribution in [3.63, 3.8) is 0 Å². The van der Waals surface area contributed by atoms with Crippen LogP contribution in [-0.4, -0.2) is 28.3 Å². The van der Waals surface area contributed by atoms with Gasteiger partial charge < -0.3 is 5.32 Å². The highest BCUT2D eigenvalue weighted by molar-refractivity contribution is 7.85. The molecule has 2 nitrogen and oxygen atoms in total. The highest BCUT2D eigenvalue weighted by Crippen LogP contribution is 2.01. The fourth-order valence-corrected chi connectivity index (χ4v) is 2.23. The third-order valence-corrected chi connectivity index (χ3v) is 4.07. The van der Waals surface area contributed by atoms with E-state index in [4.69, 9.17) is 0 Å². The Labute approximate surface area is 84.9 Å². The van der Waals surface area contributed by atoms with Crippen molar-refractivity contribution in [3.05, 3.63) is 0 Å². The van der Waals surface area contributed by atoms with Gasteiger partial charge in [0.1, 0.15) is 0 Å². The Kier molecular flexibility index (Phi) is 8.77. The van der Waals surface area contributed by atoms with Crippen molar-refractivity contribution in [2.75, 3.05) is 18.8 Å². The van der Waals surface area contributed by atoms with Gasteiger partial charge in [0.05, 0.1) is 0 Å². The maximum atomic E-state index is 11.5. The van der Waals surface area contributed by atoms with E-state index in [1.165, 1.54) is 6.42 Å². The summed E-state index contributed by atoms with van der Waals surface area (Å²) in [4.78, 5) is 0. The highest BCUT2D eigenvalue weighted by Gasteiger charge is 2.06. The van der Waals surface area contributed by atoms with Crippen LogP contribution in [0, 0.1) is 0 Å². The summed E-state index contributed by atoms with van der Waals surface area (Å²) in [5.41, 5.74) is 0. The molecule has 0 aromatic heterocycles. The van der Waals surface area contributed by atoms with E-state index in [0.29, 0.717) is 5.25 Å². The third-order valence-electron chi connectivity index (χ3n) is 2.15. The van der Waals surface area contributed by atoms with E-state index < -0.39 is 10.8 Å². The van der Waals surface area contributed by atoms with Crippen LogP contribution >= 0.6 is 0 Å². The summed E-state index contributed by atoms with van der Waals surface area (Å²) >= 11 is 0. The molecule has 0 saturated carbocycles. The molecule has 80 valence electrons. The van der Waals surface area contributed by atoms with Crippen LogP contribution in [0.5, 0.6) is 0 Å². The number of hydrogen-bond donors (Lipinski definition) is 1. The van der Waals surface area contributed by atoms with Crippen LogP contribution < -0.4 is 5.32 Å². The van der Waals surface area contributed by atoms with Gasteiger partial charge >= 0.3 is 0 Å². The highest BCUT2D eigenvalue weighted by atomic mass is 32.2. The second-order valence-corrected chi connectivity index (χ2v) is 5.38. The topological polar surface area (TPSA) is 29.1 Å². The second kappa shape index (κ2) is 8.70. The SMILES string of the molecule is CCCNCCCS(=O)C(C)CC. The van der Waals surface area contributed by atoms with Crippen LogP contribution in [0.15, 0.2) is 0 Å². The molecule has 2 atom stereocenters. The van der Waals surface area contributed by atoms with Crippen molar-refractivity contribution in [3.8, 4) is 0 Å². The lowest BCUT2D eigenvalue weighted by atomic mass is 10.4. The average Bonchev–Trinajstić information content (AvgIpc) is 2.16. The molecule has 0 bridgehead atoms. The molecular weight excluding hydrogens is 182 g/mol. The van der Waals surface area contributed by atoms with Crippen molar-refractivity contribution < 1.29 is 4.21 Å². The van der Waals surface area contributed by atoms with Crippen molar-refractivity contribution in [2.24, 2.45) is 0 Å². The Balaban J connectivity index is 3.27. The van der Waals surface area contributed by atoms with Gasteiger partial charge in [0.25, 0.3) is 0 Å². The Bertz CT molecular complexity index is 139. The van der Waals surface area contributed by atoms with E-state index >= 15 is 0 Å². The minimum absolute atomic E-state index is 0.367.